The number of aromatic nitrogens is 8. The fraction of sp³-hybridized carbons (Fsp3) is 0.556. The Labute approximate surface area is 283 Å². The van der Waals surface area contributed by atoms with Crippen molar-refractivity contribution in [3.8, 4) is 0 Å². The predicted octanol–water partition coefficient (Wildman–Crippen LogP) is 9.70. The molecular weight excluding hydrogens is 608 g/mol. The molecule has 3 aromatic heterocycles. The SMILES string of the molecule is C1=Cc2nc1nc1ccc(nc3nc(nc4ccc(n2)[n-]4)C=C3)[n-]1.CC(C)(C)C.CC(C)(C)C.CC(C)(C)C.CC(C)(C)C.[Cu+2]. The number of rotatable bonds is 0. The van der Waals surface area contributed by atoms with Gasteiger partial charge in [0.15, 0.2) is 0 Å². The van der Waals surface area contributed by atoms with Crippen LogP contribution in [0.25, 0.3) is 46.9 Å². The van der Waals surface area contributed by atoms with E-state index in [0.717, 1.165) is 0 Å². The van der Waals surface area contributed by atoms with Crippen molar-refractivity contribution in [3.63, 3.8) is 0 Å². The smallest absolute Gasteiger partial charge is 0.358 e. The van der Waals surface area contributed by atoms with Crippen molar-refractivity contribution >= 4 is 46.9 Å². The van der Waals surface area contributed by atoms with Crippen LogP contribution in [0.1, 0.15) is 134 Å². The summed E-state index contributed by atoms with van der Waals surface area (Å²) in [6, 6.07) is 7.12. The van der Waals surface area contributed by atoms with E-state index in [1.54, 1.807) is 48.6 Å². The first-order valence-corrected chi connectivity index (χ1v) is 15.2. The van der Waals surface area contributed by atoms with Crippen molar-refractivity contribution in [1.29, 1.82) is 0 Å². The van der Waals surface area contributed by atoms with Gasteiger partial charge in [-0.3, -0.25) is 0 Å². The Morgan fingerprint density at radius 3 is 0.644 bits per heavy atom. The zero-order chi connectivity index (χ0) is 33.9. The molecule has 8 nitrogen and oxygen atoms in total. The maximum atomic E-state index is 4.37. The minimum Gasteiger partial charge on any atom is -0.358 e. The van der Waals surface area contributed by atoms with Gasteiger partial charge in [-0.1, -0.05) is 111 Å². The molecule has 3 aromatic rings. The topological polar surface area (TPSA) is 106 Å². The van der Waals surface area contributed by atoms with Crippen LogP contribution in [-0.4, -0.2) is 29.9 Å². The molecule has 0 spiro atoms. The molecule has 251 valence electrons. The molecule has 0 aliphatic carbocycles. The first-order valence-electron chi connectivity index (χ1n) is 15.2. The molecule has 2 aliphatic rings. The second-order valence-electron chi connectivity index (χ2n) is 17.1. The number of hydrogen-bond donors (Lipinski definition) is 0. The second-order valence-corrected chi connectivity index (χ2v) is 17.1. The second kappa shape index (κ2) is 17.5. The van der Waals surface area contributed by atoms with Gasteiger partial charge < -0.3 is 29.9 Å². The van der Waals surface area contributed by atoms with Crippen LogP contribution in [0.3, 0.4) is 0 Å². The zero-order valence-corrected chi connectivity index (χ0v) is 31.4. The molecule has 8 bridgehead atoms. The van der Waals surface area contributed by atoms with Crippen LogP contribution in [0.15, 0.2) is 24.3 Å². The van der Waals surface area contributed by atoms with Crippen molar-refractivity contribution in [3.05, 3.63) is 47.6 Å². The Morgan fingerprint density at radius 2 is 0.489 bits per heavy atom. The number of fused-ring (bicyclic) bond motifs is 8. The molecule has 1 radical (unpaired) electrons. The fourth-order valence-corrected chi connectivity index (χ4v) is 2.33. The van der Waals surface area contributed by atoms with Gasteiger partial charge in [0.05, 0.1) is 23.3 Å². The fourth-order valence-electron chi connectivity index (χ4n) is 2.33. The Morgan fingerprint density at radius 1 is 0.333 bits per heavy atom. The predicted molar refractivity (Wildman–Crippen MR) is 188 cm³/mol. The largest absolute Gasteiger partial charge is 2.00 e. The molecule has 0 fully saturated rings. The van der Waals surface area contributed by atoms with Crippen molar-refractivity contribution in [2.24, 2.45) is 21.7 Å². The molecular formula is C36H56CuN8. The van der Waals surface area contributed by atoms with Crippen LogP contribution in [0, 0.1) is 21.7 Å². The summed E-state index contributed by atoms with van der Waals surface area (Å²) >= 11 is 0. The summed E-state index contributed by atoms with van der Waals surface area (Å²) in [4.78, 5) is 34.8. The van der Waals surface area contributed by atoms with E-state index in [0.29, 0.717) is 67.5 Å². The molecule has 5 heterocycles. The van der Waals surface area contributed by atoms with Crippen molar-refractivity contribution in [1.82, 2.24) is 39.9 Å². The molecule has 0 amide bonds. The third kappa shape index (κ3) is 25.8. The van der Waals surface area contributed by atoms with E-state index in [-0.39, 0.29) is 17.1 Å². The van der Waals surface area contributed by atoms with E-state index in [1.165, 1.54) is 0 Å². The molecule has 0 N–H and O–H groups in total. The summed E-state index contributed by atoms with van der Waals surface area (Å²) in [6.45, 7) is 35.0. The quantitative estimate of drug-likeness (QED) is 0.151. The van der Waals surface area contributed by atoms with Gasteiger partial charge in [0.1, 0.15) is 0 Å². The first-order chi connectivity index (χ1) is 19.8. The Hall–Kier alpha value is -3.16. The van der Waals surface area contributed by atoms with Crippen LogP contribution in [0.5, 0.6) is 0 Å². The number of nitrogens with zero attached hydrogens (tertiary/aromatic N) is 8. The summed E-state index contributed by atoms with van der Waals surface area (Å²) in [5, 5.41) is 0. The molecule has 0 saturated heterocycles. The molecule has 0 aromatic carbocycles. The molecule has 0 saturated carbocycles. The van der Waals surface area contributed by atoms with E-state index >= 15 is 0 Å². The summed E-state index contributed by atoms with van der Waals surface area (Å²) in [5.74, 6) is 2.15. The van der Waals surface area contributed by atoms with Gasteiger partial charge in [0.2, 0.25) is 0 Å². The van der Waals surface area contributed by atoms with Gasteiger partial charge in [0, 0.05) is 22.6 Å². The summed E-state index contributed by atoms with van der Waals surface area (Å²) in [7, 11) is 0. The Kier molecular flexibility index (Phi) is 16.3. The van der Waals surface area contributed by atoms with E-state index in [1.807, 2.05) is 0 Å². The Bertz CT molecular complexity index is 1290. The standard InChI is InChI=1S/C16H8N8.4C5H12.Cu/c1-2-10-17-9(1)21-11-3-4-13(18-11)23-15-7-8-16(20-15)24-14-6-5-12(19-14)22-10;4*1-5(2,3)4;/h1-8H;4*1-4H3;/q-2;;;;;+2. The first kappa shape index (κ1) is 41.8. The molecule has 5 rings (SSSR count). The van der Waals surface area contributed by atoms with Crippen molar-refractivity contribution in [2.75, 3.05) is 0 Å². The van der Waals surface area contributed by atoms with Gasteiger partial charge in [-0.05, 0) is 70.2 Å². The Balaban J connectivity index is 0.000000763. The van der Waals surface area contributed by atoms with Gasteiger partial charge in [-0.2, -0.15) is 0 Å². The number of hydrogen-bond acceptors (Lipinski definition) is 6. The van der Waals surface area contributed by atoms with Crippen LogP contribution in [-0.2, 0) is 17.1 Å². The molecule has 2 aliphatic heterocycles. The third-order valence-electron chi connectivity index (χ3n) is 3.36. The van der Waals surface area contributed by atoms with E-state index in [9.17, 15) is 0 Å². The van der Waals surface area contributed by atoms with Crippen molar-refractivity contribution < 1.29 is 17.1 Å². The third-order valence-corrected chi connectivity index (χ3v) is 3.36. The maximum absolute atomic E-state index is 4.37. The van der Waals surface area contributed by atoms with Crippen LogP contribution < -0.4 is 9.97 Å². The summed E-state index contributed by atoms with van der Waals surface area (Å²) in [5.41, 5.74) is 4.15. The average Bonchev–Trinajstić information content (AvgIpc) is 3.55. The van der Waals surface area contributed by atoms with Crippen LogP contribution in [0.2, 0.25) is 0 Å². The summed E-state index contributed by atoms with van der Waals surface area (Å²) in [6.07, 6.45) is 7.12. The average molecular weight is 664 g/mol. The molecule has 0 atom stereocenters. The van der Waals surface area contributed by atoms with Crippen molar-refractivity contribution in [2.45, 2.75) is 111 Å². The molecule has 9 heteroatoms. The van der Waals surface area contributed by atoms with Gasteiger partial charge in [0.25, 0.3) is 0 Å². The zero-order valence-electron chi connectivity index (χ0n) is 30.5. The monoisotopic (exact) mass is 663 g/mol. The normalized spacial score (nSPS) is 12.1. The van der Waals surface area contributed by atoms with E-state index in [4.69, 9.17) is 0 Å². The molecule has 45 heavy (non-hydrogen) atoms. The van der Waals surface area contributed by atoms with Gasteiger partial charge in [-0.25, -0.2) is 9.97 Å². The summed E-state index contributed by atoms with van der Waals surface area (Å²) < 4.78 is 0. The van der Waals surface area contributed by atoms with Crippen LogP contribution >= 0.6 is 0 Å². The van der Waals surface area contributed by atoms with E-state index in [2.05, 4.69) is 151 Å². The molecule has 0 unspecified atom stereocenters. The minimum atomic E-state index is 0. The van der Waals surface area contributed by atoms with Gasteiger partial charge in [-0.15, -0.1) is 0 Å². The van der Waals surface area contributed by atoms with Gasteiger partial charge >= 0.3 is 17.1 Å². The van der Waals surface area contributed by atoms with Crippen LogP contribution in [0.4, 0.5) is 0 Å². The van der Waals surface area contributed by atoms with E-state index < -0.39 is 0 Å². The minimum absolute atomic E-state index is 0. The maximum Gasteiger partial charge on any atom is 2.00 e.